The van der Waals surface area contributed by atoms with Crippen molar-refractivity contribution >= 4 is 34.6 Å². The van der Waals surface area contributed by atoms with Crippen LogP contribution in [-0.4, -0.2) is 45.2 Å². The van der Waals surface area contributed by atoms with Crippen molar-refractivity contribution in [2.45, 2.75) is 25.9 Å². The van der Waals surface area contributed by atoms with Gasteiger partial charge in [0.05, 0.1) is 24.7 Å². The Hall–Kier alpha value is -3.05. The zero-order valence-electron chi connectivity index (χ0n) is 15.7. The van der Waals surface area contributed by atoms with Gasteiger partial charge in [-0.25, -0.2) is 0 Å². The Bertz CT molecular complexity index is 1130. The molecule has 2 aliphatic rings. The SMILES string of the molecule is N#Cc1cc2n(n1)CCN(C(=O)C1CCCN(c3nc4cc(Cl)ccc4o3)C1)C2. The normalized spacial score (nSPS) is 19.2. The molecule has 29 heavy (non-hydrogen) atoms. The Labute approximate surface area is 172 Å². The molecule has 0 bridgehead atoms. The van der Waals surface area contributed by atoms with Crippen LogP contribution in [0.5, 0.6) is 0 Å². The molecule has 8 nitrogen and oxygen atoms in total. The number of halogens is 1. The molecule has 1 amide bonds. The number of carbonyl (C=O) groups excluding carboxylic acids is 1. The highest BCUT2D eigenvalue weighted by Crippen LogP contribution is 2.29. The third-order valence-corrected chi connectivity index (χ3v) is 5.84. The van der Waals surface area contributed by atoms with Crippen molar-refractivity contribution in [3.63, 3.8) is 0 Å². The van der Waals surface area contributed by atoms with Gasteiger partial charge in [0.25, 0.3) is 6.01 Å². The Balaban J connectivity index is 1.31. The third kappa shape index (κ3) is 3.32. The maximum atomic E-state index is 13.2. The highest BCUT2D eigenvalue weighted by Gasteiger charge is 2.33. The number of hydrogen-bond donors (Lipinski definition) is 0. The van der Waals surface area contributed by atoms with Crippen LogP contribution in [0, 0.1) is 17.2 Å². The molecule has 1 atom stereocenters. The van der Waals surface area contributed by atoms with Gasteiger partial charge in [0, 0.05) is 24.7 Å². The number of amides is 1. The summed E-state index contributed by atoms with van der Waals surface area (Å²) in [6.45, 7) is 3.11. The third-order valence-electron chi connectivity index (χ3n) is 5.60. The Morgan fingerprint density at radius 2 is 2.17 bits per heavy atom. The second kappa shape index (κ2) is 7.08. The maximum absolute atomic E-state index is 13.2. The molecule has 148 valence electrons. The zero-order valence-corrected chi connectivity index (χ0v) is 16.5. The van der Waals surface area contributed by atoms with Gasteiger partial charge in [-0.15, -0.1) is 0 Å². The second-order valence-corrected chi connectivity index (χ2v) is 7.95. The summed E-state index contributed by atoms with van der Waals surface area (Å²) in [7, 11) is 0. The predicted molar refractivity (Wildman–Crippen MR) is 106 cm³/mol. The second-order valence-electron chi connectivity index (χ2n) is 7.51. The fourth-order valence-electron chi connectivity index (χ4n) is 4.14. The molecule has 2 aromatic heterocycles. The Kier molecular flexibility index (Phi) is 4.40. The summed E-state index contributed by atoms with van der Waals surface area (Å²) in [6.07, 6.45) is 1.75. The van der Waals surface area contributed by atoms with E-state index in [0.29, 0.717) is 48.5 Å². The zero-order chi connectivity index (χ0) is 20.0. The Morgan fingerprint density at radius 3 is 3.03 bits per heavy atom. The monoisotopic (exact) mass is 410 g/mol. The van der Waals surface area contributed by atoms with Crippen LogP contribution in [0.1, 0.15) is 24.2 Å². The van der Waals surface area contributed by atoms with E-state index in [-0.39, 0.29) is 11.8 Å². The topological polar surface area (TPSA) is 91.2 Å². The van der Waals surface area contributed by atoms with Gasteiger partial charge in [0.2, 0.25) is 5.91 Å². The molecule has 1 fully saturated rings. The minimum absolute atomic E-state index is 0.104. The lowest BCUT2D eigenvalue weighted by Gasteiger charge is -2.35. The standard InChI is InChI=1S/C20H19ClN6O2/c21-14-3-4-18-17(8-14)23-20(29-18)26-5-1-2-13(11-26)19(28)25-6-7-27-16(12-25)9-15(10-22)24-27/h3-4,8-9,13H,1-2,5-7,11-12H2. The van der Waals surface area contributed by atoms with E-state index in [1.54, 1.807) is 18.2 Å². The smallest absolute Gasteiger partial charge is 0.298 e. The molecule has 0 spiro atoms. The number of nitriles is 1. The van der Waals surface area contributed by atoms with E-state index in [4.69, 9.17) is 21.3 Å². The van der Waals surface area contributed by atoms with Crippen LogP contribution in [-0.2, 0) is 17.9 Å². The lowest BCUT2D eigenvalue weighted by molar-refractivity contribution is -0.137. The molecule has 9 heteroatoms. The summed E-state index contributed by atoms with van der Waals surface area (Å²) in [5.74, 6) is 0.0343. The highest BCUT2D eigenvalue weighted by molar-refractivity contribution is 6.31. The van der Waals surface area contributed by atoms with Crippen molar-refractivity contribution < 1.29 is 9.21 Å². The quantitative estimate of drug-likeness (QED) is 0.645. The van der Waals surface area contributed by atoms with Crippen LogP contribution in [0.25, 0.3) is 11.1 Å². The number of oxazole rings is 1. The van der Waals surface area contributed by atoms with Crippen LogP contribution in [0.2, 0.25) is 5.02 Å². The van der Waals surface area contributed by atoms with Gasteiger partial charge in [0.1, 0.15) is 11.6 Å². The number of fused-ring (bicyclic) bond motifs is 2. The van der Waals surface area contributed by atoms with Gasteiger partial charge in [-0.2, -0.15) is 15.3 Å². The van der Waals surface area contributed by atoms with Gasteiger partial charge in [0.15, 0.2) is 11.3 Å². The number of benzene rings is 1. The van der Waals surface area contributed by atoms with Crippen LogP contribution in [0.3, 0.4) is 0 Å². The van der Waals surface area contributed by atoms with Crippen molar-refractivity contribution in [1.82, 2.24) is 19.7 Å². The largest absolute Gasteiger partial charge is 0.423 e. The average Bonchev–Trinajstić information content (AvgIpc) is 3.36. The highest BCUT2D eigenvalue weighted by atomic mass is 35.5. The average molecular weight is 411 g/mol. The fraction of sp³-hybridized carbons (Fsp3) is 0.400. The molecule has 3 aromatic rings. The first-order chi connectivity index (χ1) is 14.1. The first-order valence-electron chi connectivity index (χ1n) is 9.67. The fourth-order valence-corrected chi connectivity index (χ4v) is 4.31. The lowest BCUT2D eigenvalue weighted by atomic mass is 9.96. The summed E-state index contributed by atoms with van der Waals surface area (Å²) in [5, 5.41) is 13.9. The van der Waals surface area contributed by atoms with Gasteiger partial charge in [-0.1, -0.05) is 11.6 Å². The number of piperidine rings is 1. The molecule has 1 saturated heterocycles. The van der Waals surface area contributed by atoms with Crippen molar-refractivity contribution in [2.24, 2.45) is 5.92 Å². The minimum atomic E-state index is -0.104. The number of nitrogens with zero attached hydrogens (tertiary/aromatic N) is 6. The summed E-state index contributed by atoms with van der Waals surface area (Å²) in [6, 6.07) is 9.73. The molecule has 1 aromatic carbocycles. The molecular weight excluding hydrogens is 392 g/mol. The van der Waals surface area contributed by atoms with Crippen molar-refractivity contribution in [2.75, 3.05) is 24.5 Å². The van der Waals surface area contributed by atoms with E-state index in [0.717, 1.165) is 30.6 Å². The molecule has 0 aliphatic carbocycles. The van der Waals surface area contributed by atoms with Gasteiger partial charge >= 0.3 is 0 Å². The van der Waals surface area contributed by atoms with E-state index >= 15 is 0 Å². The van der Waals surface area contributed by atoms with Crippen molar-refractivity contribution in [3.8, 4) is 6.07 Å². The summed E-state index contributed by atoms with van der Waals surface area (Å²) in [4.78, 5) is 21.6. The summed E-state index contributed by atoms with van der Waals surface area (Å²) >= 11 is 6.04. The number of carbonyl (C=O) groups is 1. The van der Waals surface area contributed by atoms with Crippen LogP contribution < -0.4 is 4.90 Å². The molecule has 1 unspecified atom stereocenters. The van der Waals surface area contributed by atoms with Gasteiger partial charge < -0.3 is 14.2 Å². The molecule has 0 saturated carbocycles. The number of rotatable bonds is 2. The first-order valence-corrected chi connectivity index (χ1v) is 10.0. The van der Waals surface area contributed by atoms with Crippen LogP contribution in [0.4, 0.5) is 6.01 Å². The van der Waals surface area contributed by atoms with E-state index in [2.05, 4.69) is 16.2 Å². The van der Waals surface area contributed by atoms with Crippen molar-refractivity contribution in [1.29, 1.82) is 5.26 Å². The molecule has 5 rings (SSSR count). The summed E-state index contributed by atoms with van der Waals surface area (Å²) < 4.78 is 7.71. The van der Waals surface area contributed by atoms with E-state index < -0.39 is 0 Å². The lowest BCUT2D eigenvalue weighted by Crippen LogP contribution is -2.47. The molecule has 4 heterocycles. The number of hydrogen-bond acceptors (Lipinski definition) is 6. The van der Waals surface area contributed by atoms with E-state index in [9.17, 15) is 4.79 Å². The van der Waals surface area contributed by atoms with Crippen LogP contribution >= 0.6 is 11.6 Å². The van der Waals surface area contributed by atoms with Crippen molar-refractivity contribution in [3.05, 3.63) is 40.7 Å². The molecule has 0 N–H and O–H groups in total. The van der Waals surface area contributed by atoms with E-state index in [1.165, 1.54) is 0 Å². The molecular formula is C20H19ClN6O2. The Morgan fingerprint density at radius 1 is 1.28 bits per heavy atom. The number of aromatic nitrogens is 3. The summed E-state index contributed by atoms with van der Waals surface area (Å²) in [5.41, 5.74) is 2.72. The minimum Gasteiger partial charge on any atom is -0.423 e. The van der Waals surface area contributed by atoms with E-state index in [1.807, 2.05) is 20.5 Å². The van der Waals surface area contributed by atoms with Crippen LogP contribution in [0.15, 0.2) is 28.7 Å². The number of anilines is 1. The van der Waals surface area contributed by atoms with Gasteiger partial charge in [-0.3, -0.25) is 9.48 Å². The van der Waals surface area contributed by atoms with Gasteiger partial charge in [-0.05, 0) is 37.1 Å². The molecule has 2 aliphatic heterocycles. The first kappa shape index (κ1) is 18.0. The molecule has 0 radical (unpaired) electrons. The maximum Gasteiger partial charge on any atom is 0.298 e. The predicted octanol–water partition coefficient (Wildman–Crippen LogP) is 2.81.